The first kappa shape index (κ1) is 24.9. The van der Waals surface area contributed by atoms with Crippen LogP contribution in [0.3, 0.4) is 0 Å². The first-order chi connectivity index (χ1) is 17.2. The van der Waals surface area contributed by atoms with Crippen LogP contribution in [0.15, 0.2) is 59.6 Å². The highest BCUT2D eigenvalue weighted by Crippen LogP contribution is 2.36. The van der Waals surface area contributed by atoms with Gasteiger partial charge in [-0.15, -0.1) is 12.6 Å². The monoisotopic (exact) mass is 514 g/mol. The zero-order valence-electron chi connectivity index (χ0n) is 20.1. The standard InChI is InChI=1S/C27H29F3N4OS/c1-18-15-33(17-27(18,29)30)26(35)24-14-31-34(22-6-4-21(28)5-7-22)25(24)20-10-12-32(13-11-20)16-19-2-8-23(36)9-3-19/h2-9,14,18,20,36H,10-13,15-17H2,1H3. The molecular formula is C27H29F3N4OS. The van der Waals surface area contributed by atoms with E-state index in [2.05, 4.69) is 34.8 Å². The number of carbonyl (C=O) groups excluding carboxylic acids is 1. The number of alkyl halides is 2. The van der Waals surface area contributed by atoms with Crippen LogP contribution in [0.25, 0.3) is 5.69 Å². The van der Waals surface area contributed by atoms with Gasteiger partial charge in [-0.1, -0.05) is 19.1 Å². The van der Waals surface area contributed by atoms with Gasteiger partial charge in [-0.3, -0.25) is 9.69 Å². The van der Waals surface area contributed by atoms with Gasteiger partial charge < -0.3 is 4.90 Å². The van der Waals surface area contributed by atoms with Crippen LogP contribution in [0.4, 0.5) is 13.2 Å². The summed E-state index contributed by atoms with van der Waals surface area (Å²) in [5.41, 5.74) is 2.92. The molecule has 1 aromatic heterocycles. The molecule has 1 unspecified atom stereocenters. The Hall–Kier alpha value is -2.78. The number of piperidine rings is 1. The Kier molecular flexibility index (Phi) is 6.87. The number of halogens is 3. The summed E-state index contributed by atoms with van der Waals surface area (Å²) >= 11 is 4.35. The zero-order valence-corrected chi connectivity index (χ0v) is 21.0. The van der Waals surface area contributed by atoms with E-state index in [9.17, 15) is 18.0 Å². The lowest BCUT2D eigenvalue weighted by atomic mass is 9.90. The van der Waals surface area contributed by atoms with Crippen molar-refractivity contribution in [3.63, 3.8) is 0 Å². The number of aromatic nitrogens is 2. The molecule has 9 heteroatoms. The van der Waals surface area contributed by atoms with Crippen LogP contribution in [0, 0.1) is 11.7 Å². The second-order valence-electron chi connectivity index (χ2n) is 9.90. The smallest absolute Gasteiger partial charge is 0.269 e. The molecule has 0 N–H and O–H groups in total. The molecule has 0 aliphatic carbocycles. The third kappa shape index (κ3) is 5.04. The summed E-state index contributed by atoms with van der Waals surface area (Å²) in [5.74, 6) is -4.56. The van der Waals surface area contributed by atoms with Crippen LogP contribution in [0.5, 0.6) is 0 Å². The molecule has 2 aliphatic rings. The van der Waals surface area contributed by atoms with Gasteiger partial charge in [0.05, 0.1) is 29.7 Å². The molecule has 1 atom stereocenters. The summed E-state index contributed by atoms with van der Waals surface area (Å²) in [4.78, 5) is 18.0. The molecule has 190 valence electrons. The predicted octanol–water partition coefficient (Wildman–Crippen LogP) is 5.41. The van der Waals surface area contributed by atoms with Crippen LogP contribution >= 0.6 is 12.6 Å². The molecule has 2 aromatic carbocycles. The first-order valence-electron chi connectivity index (χ1n) is 12.2. The summed E-state index contributed by atoms with van der Waals surface area (Å²) in [6, 6.07) is 14.0. The van der Waals surface area contributed by atoms with E-state index in [4.69, 9.17) is 0 Å². The van der Waals surface area contributed by atoms with Gasteiger partial charge in [0.15, 0.2) is 0 Å². The molecule has 5 rings (SSSR count). The van der Waals surface area contributed by atoms with E-state index in [0.717, 1.165) is 37.4 Å². The molecule has 36 heavy (non-hydrogen) atoms. The van der Waals surface area contributed by atoms with Crippen molar-refractivity contribution in [1.29, 1.82) is 0 Å². The van der Waals surface area contributed by atoms with Gasteiger partial charge in [-0.25, -0.2) is 17.9 Å². The highest BCUT2D eigenvalue weighted by molar-refractivity contribution is 7.80. The molecule has 0 saturated carbocycles. The first-order valence-corrected chi connectivity index (χ1v) is 12.7. The number of carbonyl (C=O) groups is 1. The SMILES string of the molecule is CC1CN(C(=O)c2cnn(-c3ccc(F)cc3)c2C2CCN(Cc3ccc(S)cc3)CC2)CC1(F)F. The van der Waals surface area contributed by atoms with Crippen molar-refractivity contribution >= 4 is 18.5 Å². The van der Waals surface area contributed by atoms with Gasteiger partial charge in [0, 0.05) is 29.8 Å². The molecule has 2 saturated heterocycles. The summed E-state index contributed by atoms with van der Waals surface area (Å²) in [6.07, 6.45) is 3.07. The fourth-order valence-corrected chi connectivity index (χ4v) is 5.34. The van der Waals surface area contributed by atoms with Crippen LogP contribution in [-0.2, 0) is 6.54 Å². The lowest BCUT2D eigenvalue weighted by Gasteiger charge is -2.33. The maximum absolute atomic E-state index is 14.2. The van der Waals surface area contributed by atoms with E-state index in [1.165, 1.54) is 35.7 Å². The van der Waals surface area contributed by atoms with E-state index < -0.39 is 24.3 Å². The predicted molar refractivity (Wildman–Crippen MR) is 134 cm³/mol. The maximum Gasteiger partial charge on any atom is 0.269 e. The lowest BCUT2D eigenvalue weighted by Crippen LogP contribution is -2.35. The van der Waals surface area contributed by atoms with Gasteiger partial charge in [0.1, 0.15) is 5.82 Å². The van der Waals surface area contributed by atoms with Gasteiger partial charge in [-0.05, 0) is 67.9 Å². The van der Waals surface area contributed by atoms with E-state index in [0.29, 0.717) is 16.9 Å². The molecule has 2 fully saturated rings. The van der Waals surface area contributed by atoms with E-state index >= 15 is 0 Å². The lowest BCUT2D eigenvalue weighted by molar-refractivity contribution is -0.0202. The number of thiol groups is 1. The number of hydrogen-bond acceptors (Lipinski definition) is 4. The largest absolute Gasteiger partial charge is 0.332 e. The van der Waals surface area contributed by atoms with Crippen molar-refractivity contribution in [1.82, 2.24) is 19.6 Å². The van der Waals surface area contributed by atoms with Crippen LogP contribution < -0.4 is 0 Å². The molecule has 5 nitrogen and oxygen atoms in total. The molecular weight excluding hydrogens is 485 g/mol. The minimum Gasteiger partial charge on any atom is -0.332 e. The Bertz CT molecular complexity index is 1220. The van der Waals surface area contributed by atoms with Crippen molar-refractivity contribution < 1.29 is 18.0 Å². The Morgan fingerprint density at radius 1 is 1.08 bits per heavy atom. The Morgan fingerprint density at radius 3 is 2.36 bits per heavy atom. The molecule has 2 aliphatic heterocycles. The molecule has 1 amide bonds. The van der Waals surface area contributed by atoms with Crippen molar-refractivity contribution in [2.45, 2.75) is 43.0 Å². The van der Waals surface area contributed by atoms with Crippen LogP contribution in [0.2, 0.25) is 0 Å². The molecule has 0 radical (unpaired) electrons. The Balaban J connectivity index is 1.40. The second kappa shape index (κ2) is 9.94. The van der Waals surface area contributed by atoms with Crippen LogP contribution in [0.1, 0.15) is 47.3 Å². The van der Waals surface area contributed by atoms with Crippen molar-refractivity contribution in [2.75, 3.05) is 26.2 Å². The minimum absolute atomic E-state index is 0.0104. The number of amides is 1. The molecule has 3 heterocycles. The maximum atomic E-state index is 14.2. The molecule has 0 bridgehead atoms. The Morgan fingerprint density at radius 2 is 1.75 bits per heavy atom. The van der Waals surface area contributed by atoms with Gasteiger partial charge >= 0.3 is 0 Å². The van der Waals surface area contributed by atoms with E-state index in [1.54, 1.807) is 16.8 Å². The topological polar surface area (TPSA) is 41.4 Å². The van der Waals surface area contributed by atoms with Crippen molar-refractivity contribution in [2.24, 2.45) is 5.92 Å². The highest BCUT2D eigenvalue weighted by atomic mass is 32.1. The number of benzene rings is 2. The third-order valence-electron chi connectivity index (χ3n) is 7.33. The normalized spacial score (nSPS) is 20.7. The van der Waals surface area contributed by atoms with E-state index in [-0.39, 0.29) is 18.3 Å². The fraction of sp³-hybridized carbons (Fsp3) is 0.407. The number of nitrogens with zero attached hydrogens (tertiary/aromatic N) is 4. The summed E-state index contributed by atoms with van der Waals surface area (Å²) in [6.45, 7) is 3.37. The summed E-state index contributed by atoms with van der Waals surface area (Å²) in [5, 5.41) is 4.47. The van der Waals surface area contributed by atoms with Gasteiger partial charge in [-0.2, -0.15) is 5.10 Å². The van der Waals surface area contributed by atoms with E-state index in [1.807, 2.05) is 12.1 Å². The molecule has 3 aromatic rings. The third-order valence-corrected chi connectivity index (χ3v) is 7.63. The fourth-order valence-electron chi connectivity index (χ4n) is 5.19. The Labute approximate surface area is 214 Å². The number of hydrogen-bond donors (Lipinski definition) is 1. The highest BCUT2D eigenvalue weighted by Gasteiger charge is 2.47. The van der Waals surface area contributed by atoms with Gasteiger partial charge in [0.2, 0.25) is 0 Å². The van der Waals surface area contributed by atoms with Crippen molar-refractivity contribution in [3.05, 3.63) is 77.4 Å². The zero-order chi connectivity index (χ0) is 25.4. The molecule has 0 spiro atoms. The summed E-state index contributed by atoms with van der Waals surface area (Å²) in [7, 11) is 0. The quantitative estimate of drug-likeness (QED) is 0.463. The average molecular weight is 515 g/mol. The van der Waals surface area contributed by atoms with Crippen LogP contribution in [-0.4, -0.2) is 57.6 Å². The average Bonchev–Trinajstić information content (AvgIpc) is 3.41. The van der Waals surface area contributed by atoms with Crippen molar-refractivity contribution in [3.8, 4) is 5.69 Å². The summed E-state index contributed by atoms with van der Waals surface area (Å²) < 4.78 is 43.7. The number of rotatable bonds is 5. The van der Waals surface area contributed by atoms with Gasteiger partial charge in [0.25, 0.3) is 11.8 Å². The second-order valence-corrected chi connectivity index (χ2v) is 10.4. The number of likely N-dealkylation sites (tertiary alicyclic amines) is 2. The minimum atomic E-state index is -2.90.